The Labute approximate surface area is 125 Å². The molecule has 1 aliphatic heterocycles. The lowest BCUT2D eigenvalue weighted by atomic mass is 9.98. The lowest BCUT2D eigenvalue weighted by Gasteiger charge is -2.21. The predicted molar refractivity (Wildman–Crippen MR) is 82.0 cm³/mol. The Hall–Kier alpha value is -1.81. The zero-order chi connectivity index (χ0) is 14.9. The second-order valence-electron chi connectivity index (χ2n) is 5.92. The SMILES string of the molecule is C=CCOc1ccc(C2NC3(CCCC3)C(=O)N2C)cc1. The number of benzene rings is 1. The zero-order valence-corrected chi connectivity index (χ0v) is 12.5. The number of ether oxygens (including phenoxy) is 1. The molecule has 1 heterocycles. The molecule has 4 nitrogen and oxygen atoms in total. The lowest BCUT2D eigenvalue weighted by molar-refractivity contribution is -0.132. The van der Waals surface area contributed by atoms with E-state index in [1.165, 1.54) is 0 Å². The van der Waals surface area contributed by atoms with Crippen molar-refractivity contribution in [1.82, 2.24) is 10.2 Å². The van der Waals surface area contributed by atoms with Crippen LogP contribution >= 0.6 is 0 Å². The molecule has 1 saturated carbocycles. The maximum Gasteiger partial charge on any atom is 0.244 e. The molecule has 1 aromatic carbocycles. The van der Waals surface area contributed by atoms with E-state index < -0.39 is 0 Å². The predicted octanol–water partition coefficient (Wildman–Crippen LogP) is 2.62. The van der Waals surface area contributed by atoms with Crippen molar-refractivity contribution in [3.63, 3.8) is 0 Å². The van der Waals surface area contributed by atoms with E-state index in [-0.39, 0.29) is 17.6 Å². The summed E-state index contributed by atoms with van der Waals surface area (Å²) in [7, 11) is 1.88. The Morgan fingerprint density at radius 1 is 1.38 bits per heavy atom. The van der Waals surface area contributed by atoms with Crippen LogP contribution in [-0.2, 0) is 4.79 Å². The van der Waals surface area contributed by atoms with Crippen molar-refractivity contribution in [2.75, 3.05) is 13.7 Å². The summed E-state index contributed by atoms with van der Waals surface area (Å²) in [6, 6.07) is 7.93. The van der Waals surface area contributed by atoms with E-state index in [1.54, 1.807) is 6.08 Å². The molecule has 2 aliphatic rings. The highest BCUT2D eigenvalue weighted by atomic mass is 16.5. The molecule has 1 N–H and O–H groups in total. The first-order chi connectivity index (χ1) is 10.2. The van der Waals surface area contributed by atoms with E-state index in [0.717, 1.165) is 37.0 Å². The lowest BCUT2D eigenvalue weighted by Crippen LogP contribution is -2.43. The first-order valence-electron chi connectivity index (χ1n) is 7.55. The van der Waals surface area contributed by atoms with Gasteiger partial charge in [-0.1, -0.05) is 37.6 Å². The van der Waals surface area contributed by atoms with Gasteiger partial charge in [0.1, 0.15) is 18.5 Å². The molecule has 1 amide bonds. The van der Waals surface area contributed by atoms with Gasteiger partial charge in [-0.15, -0.1) is 0 Å². The molecule has 3 rings (SSSR count). The molecule has 112 valence electrons. The number of amides is 1. The highest BCUT2D eigenvalue weighted by molar-refractivity contribution is 5.89. The van der Waals surface area contributed by atoms with Crippen molar-refractivity contribution >= 4 is 5.91 Å². The number of hydrogen-bond acceptors (Lipinski definition) is 3. The fourth-order valence-electron chi connectivity index (χ4n) is 3.42. The van der Waals surface area contributed by atoms with Gasteiger partial charge in [0.25, 0.3) is 0 Å². The zero-order valence-electron chi connectivity index (χ0n) is 12.5. The van der Waals surface area contributed by atoms with Gasteiger partial charge in [-0.05, 0) is 30.5 Å². The molecule has 1 unspecified atom stereocenters. The quantitative estimate of drug-likeness (QED) is 0.865. The second kappa shape index (κ2) is 5.53. The third-order valence-electron chi connectivity index (χ3n) is 4.55. The molecule has 21 heavy (non-hydrogen) atoms. The summed E-state index contributed by atoms with van der Waals surface area (Å²) in [5.41, 5.74) is 0.776. The van der Waals surface area contributed by atoms with Gasteiger partial charge in [0.15, 0.2) is 0 Å². The summed E-state index contributed by atoms with van der Waals surface area (Å²) in [5, 5.41) is 3.56. The molecule has 0 radical (unpaired) electrons. The number of nitrogens with zero attached hydrogens (tertiary/aromatic N) is 1. The number of likely N-dealkylation sites (N-methyl/N-ethyl adjacent to an activating group) is 1. The fourth-order valence-corrected chi connectivity index (χ4v) is 3.42. The Bertz CT molecular complexity index is 532. The minimum atomic E-state index is -0.322. The van der Waals surface area contributed by atoms with Crippen LogP contribution in [0.4, 0.5) is 0 Å². The van der Waals surface area contributed by atoms with Crippen LogP contribution in [0, 0.1) is 0 Å². The van der Waals surface area contributed by atoms with Gasteiger partial charge in [0, 0.05) is 7.05 Å². The van der Waals surface area contributed by atoms with Gasteiger partial charge in [-0.2, -0.15) is 0 Å². The highest BCUT2D eigenvalue weighted by Crippen LogP contribution is 2.40. The van der Waals surface area contributed by atoms with E-state index in [9.17, 15) is 4.79 Å². The Morgan fingerprint density at radius 3 is 2.67 bits per heavy atom. The van der Waals surface area contributed by atoms with Crippen LogP contribution in [-0.4, -0.2) is 30.0 Å². The molecule has 1 saturated heterocycles. The Balaban J connectivity index is 1.77. The number of nitrogens with one attached hydrogen (secondary N) is 1. The number of carbonyl (C=O) groups is 1. The first kappa shape index (κ1) is 14.1. The minimum absolute atomic E-state index is 0.0379. The first-order valence-corrected chi connectivity index (χ1v) is 7.55. The van der Waals surface area contributed by atoms with Crippen molar-refractivity contribution in [2.45, 2.75) is 37.4 Å². The van der Waals surface area contributed by atoms with Gasteiger partial charge in [0.05, 0.1) is 5.54 Å². The average Bonchev–Trinajstić information content (AvgIpc) is 3.08. The molecule has 2 fully saturated rings. The van der Waals surface area contributed by atoms with Crippen LogP contribution in [0.1, 0.15) is 37.4 Å². The summed E-state index contributed by atoms with van der Waals surface area (Å²) in [6.07, 6.45) is 5.86. The van der Waals surface area contributed by atoms with Crippen molar-refractivity contribution in [1.29, 1.82) is 0 Å². The average molecular weight is 286 g/mol. The maximum absolute atomic E-state index is 12.5. The third kappa shape index (κ3) is 2.44. The van der Waals surface area contributed by atoms with Crippen LogP contribution in [0.15, 0.2) is 36.9 Å². The van der Waals surface area contributed by atoms with Crippen LogP contribution in [0.2, 0.25) is 0 Å². The van der Waals surface area contributed by atoms with Gasteiger partial charge in [0.2, 0.25) is 5.91 Å². The van der Waals surface area contributed by atoms with Crippen LogP contribution < -0.4 is 10.1 Å². The summed E-state index contributed by atoms with van der Waals surface area (Å²) in [5.74, 6) is 1.05. The molecule has 4 heteroatoms. The molecule has 1 spiro atoms. The van der Waals surface area contributed by atoms with Gasteiger partial charge < -0.3 is 9.64 Å². The normalized spacial score (nSPS) is 23.8. The summed E-state index contributed by atoms with van der Waals surface area (Å²) in [6.45, 7) is 4.14. The molecule has 1 aromatic rings. The Kier molecular flexibility index (Phi) is 3.72. The number of hydrogen-bond donors (Lipinski definition) is 1. The van der Waals surface area contributed by atoms with Crippen LogP contribution in [0.3, 0.4) is 0 Å². The van der Waals surface area contributed by atoms with Gasteiger partial charge in [-0.25, -0.2) is 0 Å². The topological polar surface area (TPSA) is 41.6 Å². The maximum atomic E-state index is 12.5. The monoisotopic (exact) mass is 286 g/mol. The summed E-state index contributed by atoms with van der Waals surface area (Å²) >= 11 is 0. The smallest absolute Gasteiger partial charge is 0.244 e. The third-order valence-corrected chi connectivity index (χ3v) is 4.55. The van der Waals surface area contributed by atoms with E-state index in [0.29, 0.717) is 6.61 Å². The van der Waals surface area contributed by atoms with E-state index in [2.05, 4.69) is 11.9 Å². The van der Waals surface area contributed by atoms with Gasteiger partial charge in [-0.3, -0.25) is 10.1 Å². The number of carbonyl (C=O) groups excluding carboxylic acids is 1. The van der Waals surface area contributed by atoms with E-state index in [1.807, 2.05) is 36.2 Å². The molecule has 0 bridgehead atoms. The second-order valence-corrected chi connectivity index (χ2v) is 5.92. The standard InChI is InChI=1S/C17H22N2O2/c1-3-12-21-14-8-6-13(7-9-14)15-18-17(10-4-5-11-17)16(20)19(15)2/h3,6-9,15,18H,1,4-5,10-12H2,2H3. The van der Waals surface area contributed by atoms with Crippen molar-refractivity contribution < 1.29 is 9.53 Å². The summed E-state index contributed by atoms with van der Waals surface area (Å²) in [4.78, 5) is 14.4. The number of rotatable bonds is 4. The summed E-state index contributed by atoms with van der Waals surface area (Å²) < 4.78 is 5.50. The van der Waals surface area contributed by atoms with E-state index >= 15 is 0 Å². The molecule has 1 atom stereocenters. The highest BCUT2D eigenvalue weighted by Gasteiger charge is 2.51. The molecule has 1 aliphatic carbocycles. The molecular weight excluding hydrogens is 264 g/mol. The largest absolute Gasteiger partial charge is 0.490 e. The minimum Gasteiger partial charge on any atom is -0.490 e. The van der Waals surface area contributed by atoms with Crippen LogP contribution in [0.25, 0.3) is 0 Å². The van der Waals surface area contributed by atoms with Crippen molar-refractivity contribution in [3.05, 3.63) is 42.5 Å². The Morgan fingerprint density at radius 2 is 2.05 bits per heavy atom. The molecule has 0 aromatic heterocycles. The van der Waals surface area contributed by atoms with Crippen molar-refractivity contribution in [2.24, 2.45) is 0 Å². The van der Waals surface area contributed by atoms with E-state index in [4.69, 9.17) is 4.74 Å². The fraction of sp³-hybridized carbons (Fsp3) is 0.471. The van der Waals surface area contributed by atoms with Crippen LogP contribution in [0.5, 0.6) is 5.75 Å². The van der Waals surface area contributed by atoms with Gasteiger partial charge >= 0.3 is 0 Å². The van der Waals surface area contributed by atoms with Crippen molar-refractivity contribution in [3.8, 4) is 5.75 Å². The molecular formula is C17H22N2O2.